The highest BCUT2D eigenvalue weighted by molar-refractivity contribution is 8.15. The lowest BCUT2D eigenvalue weighted by Crippen LogP contribution is -2.08. The van der Waals surface area contributed by atoms with Crippen molar-refractivity contribution in [1.82, 2.24) is 0 Å². The summed E-state index contributed by atoms with van der Waals surface area (Å²) in [6.45, 7) is 0.823. The van der Waals surface area contributed by atoms with Crippen molar-refractivity contribution in [2.75, 3.05) is 17.7 Å². The first-order chi connectivity index (χ1) is 6.88. The van der Waals surface area contributed by atoms with Crippen LogP contribution in [-0.4, -0.2) is 22.8 Å². The first-order valence-electron chi connectivity index (χ1n) is 4.47. The third kappa shape index (κ3) is 2.42. The lowest BCUT2D eigenvalue weighted by molar-refractivity contribution is 0.982. The number of thioether (sulfide) groups is 1. The minimum absolute atomic E-state index is 0.433. The van der Waals surface area contributed by atoms with Crippen LogP contribution in [-0.2, 0) is 0 Å². The highest BCUT2D eigenvalue weighted by Gasteiger charge is 2.18. The maximum absolute atomic E-state index is 5.75. The molecule has 0 fully saturated rings. The molecule has 14 heavy (non-hydrogen) atoms. The van der Waals surface area contributed by atoms with Gasteiger partial charge in [0.2, 0.25) is 0 Å². The van der Waals surface area contributed by atoms with E-state index in [9.17, 15) is 0 Å². The Balaban J connectivity index is 1.94. The summed E-state index contributed by atoms with van der Waals surface area (Å²) >= 11 is 7.47. The smallest absolute Gasteiger partial charge is 0.161 e. The van der Waals surface area contributed by atoms with Crippen molar-refractivity contribution in [3.8, 4) is 0 Å². The van der Waals surface area contributed by atoms with Crippen LogP contribution in [0.2, 0.25) is 0 Å². The van der Waals surface area contributed by atoms with Crippen LogP contribution in [0.3, 0.4) is 0 Å². The van der Waals surface area contributed by atoms with Crippen LogP contribution in [0.4, 0.5) is 5.69 Å². The van der Waals surface area contributed by atoms with Gasteiger partial charge < -0.3 is 5.32 Å². The minimum Gasteiger partial charge on any atom is -0.335 e. The van der Waals surface area contributed by atoms with Crippen molar-refractivity contribution in [2.45, 2.75) is 5.25 Å². The van der Waals surface area contributed by atoms with Crippen molar-refractivity contribution in [1.29, 1.82) is 0 Å². The van der Waals surface area contributed by atoms with E-state index in [0.29, 0.717) is 11.1 Å². The van der Waals surface area contributed by atoms with Gasteiger partial charge >= 0.3 is 0 Å². The van der Waals surface area contributed by atoms with E-state index in [1.54, 1.807) is 11.8 Å². The Labute approximate surface area is 92.8 Å². The van der Waals surface area contributed by atoms with Crippen LogP contribution in [0.25, 0.3) is 0 Å². The molecule has 0 radical (unpaired) electrons. The Morgan fingerprint density at radius 1 is 1.43 bits per heavy atom. The predicted molar refractivity (Wildman–Crippen MR) is 64.5 cm³/mol. The van der Waals surface area contributed by atoms with Gasteiger partial charge in [-0.15, -0.1) is 11.6 Å². The molecule has 1 aliphatic heterocycles. The Morgan fingerprint density at radius 2 is 2.21 bits per heavy atom. The summed E-state index contributed by atoms with van der Waals surface area (Å²) in [6, 6.07) is 10.0. The average molecular weight is 227 g/mol. The van der Waals surface area contributed by atoms with Crippen LogP contribution in [0.5, 0.6) is 0 Å². The number of nitrogens with one attached hydrogen (secondary N) is 1. The molecule has 0 aliphatic carbocycles. The van der Waals surface area contributed by atoms with E-state index < -0.39 is 0 Å². The van der Waals surface area contributed by atoms with Gasteiger partial charge in [0, 0.05) is 16.8 Å². The molecular weight excluding hydrogens is 216 g/mol. The molecule has 0 amide bonds. The second kappa shape index (κ2) is 4.71. The molecule has 1 atom stereocenters. The number of nitrogens with zero attached hydrogens (tertiary/aromatic N) is 1. The molecule has 74 valence electrons. The fourth-order valence-electron chi connectivity index (χ4n) is 1.21. The Kier molecular flexibility index (Phi) is 3.32. The van der Waals surface area contributed by atoms with E-state index in [1.807, 2.05) is 30.3 Å². The van der Waals surface area contributed by atoms with Crippen molar-refractivity contribution >= 4 is 34.2 Å². The molecule has 4 heteroatoms. The third-order valence-corrected chi connectivity index (χ3v) is 3.57. The Hall–Kier alpha value is -0.670. The fraction of sp³-hybridized carbons (Fsp3) is 0.300. The van der Waals surface area contributed by atoms with Gasteiger partial charge in [0.1, 0.15) is 0 Å². The number of hydrogen-bond acceptors (Lipinski definition) is 3. The molecule has 0 unspecified atom stereocenters. The summed E-state index contributed by atoms with van der Waals surface area (Å²) in [5.41, 5.74) is 1.08. The Morgan fingerprint density at radius 3 is 2.86 bits per heavy atom. The topological polar surface area (TPSA) is 24.4 Å². The molecule has 1 aliphatic rings. The molecule has 0 aromatic heterocycles. The third-order valence-electron chi connectivity index (χ3n) is 1.91. The minimum atomic E-state index is 0.433. The monoisotopic (exact) mass is 226 g/mol. The number of alkyl halides is 1. The second-order valence-corrected chi connectivity index (χ2v) is 4.63. The van der Waals surface area contributed by atoms with Gasteiger partial charge in [-0.1, -0.05) is 30.0 Å². The van der Waals surface area contributed by atoms with Gasteiger partial charge in [0.15, 0.2) is 5.17 Å². The van der Waals surface area contributed by atoms with E-state index in [2.05, 4.69) is 10.3 Å². The number of para-hydroxylation sites is 1. The summed E-state index contributed by atoms with van der Waals surface area (Å²) in [5, 5.41) is 4.67. The zero-order chi connectivity index (χ0) is 9.80. The number of halogens is 1. The molecule has 0 saturated carbocycles. The first kappa shape index (κ1) is 9.87. The number of anilines is 1. The van der Waals surface area contributed by atoms with Gasteiger partial charge in [-0.2, -0.15) is 0 Å². The average Bonchev–Trinajstić information content (AvgIpc) is 2.67. The predicted octanol–water partition coefficient (Wildman–Crippen LogP) is 2.81. The molecule has 2 nitrogen and oxygen atoms in total. The summed E-state index contributed by atoms with van der Waals surface area (Å²) in [6.07, 6.45) is 0. The van der Waals surface area contributed by atoms with Crippen LogP contribution >= 0.6 is 23.4 Å². The van der Waals surface area contributed by atoms with Crippen molar-refractivity contribution < 1.29 is 0 Å². The largest absolute Gasteiger partial charge is 0.335 e. The van der Waals surface area contributed by atoms with Crippen LogP contribution < -0.4 is 5.32 Å². The van der Waals surface area contributed by atoms with Gasteiger partial charge in [-0.05, 0) is 12.1 Å². The second-order valence-electron chi connectivity index (χ2n) is 3.03. The van der Waals surface area contributed by atoms with Crippen LogP contribution in [0.15, 0.2) is 35.3 Å². The van der Waals surface area contributed by atoms with Crippen molar-refractivity contribution in [3.63, 3.8) is 0 Å². The number of benzene rings is 1. The highest BCUT2D eigenvalue weighted by atomic mass is 35.5. The van der Waals surface area contributed by atoms with E-state index in [4.69, 9.17) is 11.6 Å². The normalized spacial score (nSPS) is 20.6. The first-order valence-corrected chi connectivity index (χ1v) is 5.89. The van der Waals surface area contributed by atoms with E-state index in [-0.39, 0.29) is 0 Å². The Bertz CT molecular complexity index is 326. The SMILES string of the molecule is ClC[C@H]1CN=C(Nc2ccccc2)S1. The number of aliphatic imine (C=N–C) groups is 1. The van der Waals surface area contributed by atoms with Gasteiger partial charge in [-0.25, -0.2) is 0 Å². The van der Waals surface area contributed by atoms with Crippen LogP contribution in [0.1, 0.15) is 0 Å². The summed E-state index contributed by atoms with van der Waals surface area (Å²) in [4.78, 5) is 4.37. The lowest BCUT2D eigenvalue weighted by atomic mass is 10.3. The zero-order valence-electron chi connectivity index (χ0n) is 7.61. The number of rotatable bonds is 2. The van der Waals surface area contributed by atoms with Crippen molar-refractivity contribution in [3.05, 3.63) is 30.3 Å². The molecule has 0 saturated heterocycles. The molecular formula is C10H11ClN2S. The van der Waals surface area contributed by atoms with Crippen molar-refractivity contribution in [2.24, 2.45) is 4.99 Å². The summed E-state index contributed by atoms with van der Waals surface area (Å²) in [5.74, 6) is 0.661. The molecule has 1 aromatic carbocycles. The highest BCUT2D eigenvalue weighted by Crippen LogP contribution is 2.23. The standard InChI is InChI=1S/C10H11ClN2S/c11-6-9-7-12-10(14-9)13-8-4-2-1-3-5-8/h1-5,9H,6-7H2,(H,12,13)/t9-/m0/s1. The van der Waals surface area contributed by atoms with E-state index >= 15 is 0 Å². The van der Waals surface area contributed by atoms with Gasteiger partial charge in [0.25, 0.3) is 0 Å². The number of hydrogen-bond donors (Lipinski definition) is 1. The zero-order valence-corrected chi connectivity index (χ0v) is 9.18. The van der Waals surface area contributed by atoms with E-state index in [0.717, 1.165) is 17.4 Å². The molecule has 0 spiro atoms. The van der Waals surface area contributed by atoms with Gasteiger partial charge in [-0.3, -0.25) is 4.99 Å². The fourth-order valence-corrected chi connectivity index (χ4v) is 2.35. The molecule has 2 rings (SSSR count). The molecule has 1 aromatic rings. The molecule has 1 heterocycles. The quantitative estimate of drug-likeness (QED) is 0.785. The molecule has 0 bridgehead atoms. The lowest BCUT2D eigenvalue weighted by Gasteiger charge is -2.05. The maximum Gasteiger partial charge on any atom is 0.161 e. The van der Waals surface area contributed by atoms with E-state index in [1.165, 1.54) is 0 Å². The molecule has 1 N–H and O–H groups in total. The summed E-state index contributed by atoms with van der Waals surface area (Å²) in [7, 11) is 0. The maximum atomic E-state index is 5.75. The summed E-state index contributed by atoms with van der Waals surface area (Å²) < 4.78 is 0. The van der Waals surface area contributed by atoms with Crippen LogP contribution in [0, 0.1) is 0 Å². The number of amidine groups is 1. The van der Waals surface area contributed by atoms with Gasteiger partial charge in [0.05, 0.1) is 6.54 Å².